The van der Waals surface area contributed by atoms with Gasteiger partial charge in [-0.15, -0.1) is 10.2 Å². The van der Waals surface area contributed by atoms with Gasteiger partial charge in [0.1, 0.15) is 12.1 Å². The Hall–Kier alpha value is -2.71. The Morgan fingerprint density at radius 1 is 1.14 bits per heavy atom. The van der Waals surface area contributed by atoms with Crippen LogP contribution in [0.15, 0.2) is 57.4 Å². The van der Waals surface area contributed by atoms with Crippen LogP contribution in [0.2, 0.25) is 5.02 Å². The number of imide groups is 1. The van der Waals surface area contributed by atoms with E-state index >= 15 is 0 Å². The zero-order valence-electron chi connectivity index (χ0n) is 14.6. The van der Waals surface area contributed by atoms with Crippen molar-refractivity contribution in [3.63, 3.8) is 0 Å². The highest BCUT2D eigenvalue weighted by Crippen LogP contribution is 2.31. The highest BCUT2D eigenvalue weighted by molar-refractivity contribution is 9.10. The normalized spacial score (nSPS) is 19.2. The molecule has 2 heterocycles. The molecule has 1 unspecified atom stereocenters. The van der Waals surface area contributed by atoms with Gasteiger partial charge in [0.25, 0.3) is 5.91 Å². The highest BCUT2D eigenvalue weighted by atomic mass is 79.9. The van der Waals surface area contributed by atoms with Gasteiger partial charge in [-0.2, -0.15) is 0 Å². The van der Waals surface area contributed by atoms with Crippen molar-refractivity contribution in [2.75, 3.05) is 0 Å². The third kappa shape index (κ3) is 3.18. The molecular weight excluding hydrogens is 448 g/mol. The number of benzene rings is 2. The van der Waals surface area contributed by atoms with Crippen molar-refractivity contribution in [3.05, 3.63) is 69.5 Å². The number of carbonyl (C=O) groups excluding carboxylic acids is 2. The molecule has 28 heavy (non-hydrogen) atoms. The van der Waals surface area contributed by atoms with Crippen molar-refractivity contribution >= 4 is 39.5 Å². The molecule has 1 fully saturated rings. The fraction of sp³-hybridized carbons (Fsp3) is 0.158. The molecule has 1 N–H and O–H groups in total. The van der Waals surface area contributed by atoms with Crippen molar-refractivity contribution in [3.8, 4) is 11.5 Å². The van der Waals surface area contributed by atoms with E-state index in [4.69, 9.17) is 16.0 Å². The lowest BCUT2D eigenvalue weighted by molar-refractivity contribution is -0.131. The number of amides is 3. The molecule has 0 aliphatic carbocycles. The zero-order chi connectivity index (χ0) is 19.9. The Balaban J connectivity index is 1.58. The van der Waals surface area contributed by atoms with Crippen molar-refractivity contribution in [1.29, 1.82) is 0 Å². The van der Waals surface area contributed by atoms with Crippen LogP contribution >= 0.6 is 27.5 Å². The molecule has 1 aliphatic heterocycles. The van der Waals surface area contributed by atoms with Gasteiger partial charge in [0.05, 0.1) is 5.56 Å². The maximum absolute atomic E-state index is 13.0. The fourth-order valence-electron chi connectivity index (χ4n) is 3.02. The average Bonchev–Trinajstić information content (AvgIpc) is 3.22. The zero-order valence-corrected chi connectivity index (χ0v) is 17.0. The summed E-state index contributed by atoms with van der Waals surface area (Å²) >= 11 is 9.34. The summed E-state index contributed by atoms with van der Waals surface area (Å²) in [6, 6.07) is 13.6. The van der Waals surface area contributed by atoms with Crippen LogP contribution in [0, 0.1) is 0 Å². The minimum absolute atomic E-state index is 0.120. The van der Waals surface area contributed by atoms with Crippen LogP contribution in [0.3, 0.4) is 0 Å². The summed E-state index contributed by atoms with van der Waals surface area (Å²) in [6.07, 6.45) is 0. The lowest BCUT2D eigenvalue weighted by Crippen LogP contribution is -2.40. The lowest BCUT2D eigenvalue weighted by Gasteiger charge is -2.22. The lowest BCUT2D eigenvalue weighted by atomic mass is 9.92. The Morgan fingerprint density at radius 3 is 2.57 bits per heavy atom. The van der Waals surface area contributed by atoms with E-state index in [1.165, 1.54) is 0 Å². The van der Waals surface area contributed by atoms with E-state index in [2.05, 4.69) is 31.4 Å². The Bertz CT molecular complexity index is 1070. The van der Waals surface area contributed by atoms with Crippen LogP contribution in [0.5, 0.6) is 0 Å². The molecule has 1 saturated heterocycles. The van der Waals surface area contributed by atoms with Crippen molar-refractivity contribution in [1.82, 2.24) is 20.4 Å². The van der Waals surface area contributed by atoms with Gasteiger partial charge < -0.3 is 9.73 Å². The summed E-state index contributed by atoms with van der Waals surface area (Å²) in [5.74, 6) is 0.0602. The molecule has 1 aromatic heterocycles. The standard InChI is InChI=1S/C19H14BrClN4O3/c1-19(11-6-8-12(21)9-7-11)17(26)25(18(27)22-19)10-15-23-24-16(28-15)13-4-2-3-5-14(13)20/h2-9H,10H2,1H3,(H,22,27). The van der Waals surface area contributed by atoms with Gasteiger partial charge in [-0.25, -0.2) is 4.79 Å². The third-order valence-electron chi connectivity index (χ3n) is 4.56. The van der Waals surface area contributed by atoms with E-state index in [0.717, 1.165) is 14.9 Å². The van der Waals surface area contributed by atoms with Crippen LogP contribution < -0.4 is 5.32 Å². The SMILES string of the molecule is CC1(c2ccc(Cl)cc2)NC(=O)N(Cc2nnc(-c3ccccc3Br)o2)C1=O. The highest BCUT2D eigenvalue weighted by Gasteiger charge is 2.49. The minimum Gasteiger partial charge on any atom is -0.419 e. The number of hydrogen-bond donors (Lipinski definition) is 1. The molecule has 1 atom stereocenters. The van der Waals surface area contributed by atoms with E-state index < -0.39 is 17.5 Å². The maximum Gasteiger partial charge on any atom is 0.325 e. The van der Waals surface area contributed by atoms with E-state index in [0.29, 0.717) is 16.5 Å². The van der Waals surface area contributed by atoms with Crippen molar-refractivity contribution in [2.24, 2.45) is 0 Å². The summed E-state index contributed by atoms with van der Waals surface area (Å²) in [4.78, 5) is 26.5. The third-order valence-corrected chi connectivity index (χ3v) is 5.50. The first-order valence-corrected chi connectivity index (χ1v) is 9.53. The molecule has 142 valence electrons. The molecular formula is C19H14BrClN4O3. The van der Waals surface area contributed by atoms with Crippen molar-refractivity contribution in [2.45, 2.75) is 19.0 Å². The van der Waals surface area contributed by atoms with Crippen LogP contribution in [0.25, 0.3) is 11.5 Å². The van der Waals surface area contributed by atoms with E-state index in [-0.39, 0.29) is 12.4 Å². The molecule has 2 aromatic carbocycles. The predicted molar refractivity (Wildman–Crippen MR) is 105 cm³/mol. The maximum atomic E-state index is 13.0. The molecule has 4 rings (SSSR count). The molecule has 7 nitrogen and oxygen atoms in total. The number of nitrogens with zero attached hydrogens (tertiary/aromatic N) is 3. The summed E-state index contributed by atoms with van der Waals surface area (Å²) < 4.78 is 6.46. The van der Waals surface area contributed by atoms with Crippen LogP contribution in [0.4, 0.5) is 4.79 Å². The molecule has 3 amide bonds. The predicted octanol–water partition coefficient (Wildman–Crippen LogP) is 4.12. The molecule has 0 radical (unpaired) electrons. The summed E-state index contributed by atoms with van der Waals surface area (Å²) in [6.45, 7) is 1.53. The molecule has 3 aromatic rings. The molecule has 0 spiro atoms. The second-order valence-corrected chi connectivity index (χ2v) is 7.72. The summed E-state index contributed by atoms with van der Waals surface area (Å²) in [5.41, 5.74) is 0.175. The van der Waals surface area contributed by atoms with E-state index in [1.54, 1.807) is 31.2 Å². The number of aromatic nitrogens is 2. The number of rotatable bonds is 4. The number of hydrogen-bond acceptors (Lipinski definition) is 5. The summed E-state index contributed by atoms with van der Waals surface area (Å²) in [7, 11) is 0. The molecule has 0 saturated carbocycles. The van der Waals surface area contributed by atoms with E-state index in [1.807, 2.05) is 24.3 Å². The van der Waals surface area contributed by atoms with Crippen LogP contribution in [0.1, 0.15) is 18.4 Å². The fourth-order valence-corrected chi connectivity index (χ4v) is 3.60. The average molecular weight is 462 g/mol. The topological polar surface area (TPSA) is 88.3 Å². The Kier molecular flexibility index (Phi) is 4.68. The smallest absolute Gasteiger partial charge is 0.325 e. The molecule has 0 bridgehead atoms. The second-order valence-electron chi connectivity index (χ2n) is 6.43. The van der Waals surface area contributed by atoms with Gasteiger partial charge in [-0.1, -0.05) is 35.9 Å². The van der Waals surface area contributed by atoms with Crippen LogP contribution in [-0.4, -0.2) is 27.0 Å². The van der Waals surface area contributed by atoms with Gasteiger partial charge >= 0.3 is 6.03 Å². The van der Waals surface area contributed by atoms with Gasteiger partial charge in [0.15, 0.2) is 0 Å². The quantitative estimate of drug-likeness (QED) is 0.591. The second kappa shape index (κ2) is 7.03. The van der Waals surface area contributed by atoms with Gasteiger partial charge in [0.2, 0.25) is 11.8 Å². The monoisotopic (exact) mass is 460 g/mol. The molecule has 1 aliphatic rings. The Morgan fingerprint density at radius 2 is 1.86 bits per heavy atom. The first kappa shape index (κ1) is 18.6. The number of urea groups is 1. The largest absolute Gasteiger partial charge is 0.419 e. The number of halogens is 2. The Labute approximate surface area is 173 Å². The molecule has 9 heteroatoms. The van der Waals surface area contributed by atoms with Gasteiger partial charge in [-0.3, -0.25) is 9.69 Å². The van der Waals surface area contributed by atoms with Gasteiger partial charge in [0, 0.05) is 9.50 Å². The minimum atomic E-state index is -1.19. The number of carbonyl (C=O) groups is 2. The summed E-state index contributed by atoms with van der Waals surface area (Å²) in [5, 5.41) is 11.3. The van der Waals surface area contributed by atoms with Crippen LogP contribution in [-0.2, 0) is 16.9 Å². The van der Waals surface area contributed by atoms with Gasteiger partial charge in [-0.05, 0) is 52.7 Å². The van der Waals surface area contributed by atoms with E-state index in [9.17, 15) is 9.59 Å². The first-order chi connectivity index (χ1) is 13.4. The van der Waals surface area contributed by atoms with Crippen molar-refractivity contribution < 1.29 is 14.0 Å². The first-order valence-electron chi connectivity index (χ1n) is 8.36. The number of nitrogens with one attached hydrogen (secondary N) is 1.